The van der Waals surface area contributed by atoms with Crippen molar-refractivity contribution in [2.75, 3.05) is 13.2 Å². The summed E-state index contributed by atoms with van der Waals surface area (Å²) in [6.45, 7) is 0.566. The molecule has 0 saturated heterocycles. The predicted molar refractivity (Wildman–Crippen MR) is 108 cm³/mol. The lowest BCUT2D eigenvalue weighted by Gasteiger charge is -1.97. The van der Waals surface area contributed by atoms with Crippen LogP contribution in [-0.2, 0) is 0 Å². The van der Waals surface area contributed by atoms with Gasteiger partial charge in [-0.25, -0.2) is 9.59 Å². The van der Waals surface area contributed by atoms with Crippen LogP contribution in [0, 0.1) is 0 Å². The van der Waals surface area contributed by atoms with Crippen LogP contribution in [0.4, 0.5) is 0 Å². The Bertz CT molecular complexity index is 682. The fourth-order valence-corrected chi connectivity index (χ4v) is 2.24. The van der Waals surface area contributed by atoms with Gasteiger partial charge in [0.05, 0.1) is 11.1 Å². The van der Waals surface area contributed by atoms with E-state index in [9.17, 15) is 9.59 Å². The number of hydrogen-bond acceptors (Lipinski definition) is 4. The summed E-state index contributed by atoms with van der Waals surface area (Å²) in [4.78, 5) is 21.4. The molecule has 0 fully saturated rings. The highest BCUT2D eigenvalue weighted by Gasteiger charge is 2.01. The lowest BCUT2D eigenvalue weighted by atomic mass is 10.1. The molecule has 6 heteroatoms. The first-order valence-electron chi connectivity index (χ1n) is 9.04. The monoisotopic (exact) mass is 386 g/mol. The Morgan fingerprint density at radius 3 is 1.18 bits per heavy atom. The second kappa shape index (κ2) is 13.2. The minimum atomic E-state index is -0.954. The molecular formula is C22H26O6. The van der Waals surface area contributed by atoms with E-state index in [1.165, 1.54) is 24.3 Å². The normalized spacial score (nSPS) is 10.4. The van der Waals surface area contributed by atoms with Gasteiger partial charge in [-0.1, -0.05) is 49.3 Å². The lowest BCUT2D eigenvalue weighted by molar-refractivity contribution is 0.0686. The van der Waals surface area contributed by atoms with Gasteiger partial charge in [0.25, 0.3) is 0 Å². The van der Waals surface area contributed by atoms with Crippen LogP contribution in [-0.4, -0.2) is 45.6 Å². The van der Waals surface area contributed by atoms with Crippen LogP contribution in [0.3, 0.4) is 0 Å². The predicted octanol–water partition coefficient (Wildman–Crippen LogP) is 3.78. The Labute approximate surface area is 164 Å². The third-order valence-electron chi connectivity index (χ3n) is 3.85. The molecule has 0 bridgehead atoms. The largest absolute Gasteiger partial charge is 0.478 e. The molecule has 2 aromatic carbocycles. The minimum absolute atomic E-state index is 0.243. The third kappa shape index (κ3) is 9.12. The molecule has 0 atom stereocenters. The summed E-state index contributed by atoms with van der Waals surface area (Å²) in [7, 11) is 0. The van der Waals surface area contributed by atoms with E-state index in [4.69, 9.17) is 20.4 Å². The summed E-state index contributed by atoms with van der Waals surface area (Å²) < 4.78 is 0. The molecule has 0 unspecified atom stereocenters. The molecule has 150 valence electrons. The molecule has 0 amide bonds. The van der Waals surface area contributed by atoms with E-state index in [0.717, 1.165) is 36.8 Å². The van der Waals surface area contributed by atoms with Gasteiger partial charge in [0.1, 0.15) is 0 Å². The Kier molecular flexibility index (Phi) is 10.9. The summed E-state index contributed by atoms with van der Waals surface area (Å²) in [5.74, 6) is -1.91. The summed E-state index contributed by atoms with van der Waals surface area (Å²) in [5.41, 5.74) is 2.23. The van der Waals surface area contributed by atoms with Crippen LogP contribution in [0.2, 0.25) is 0 Å². The van der Waals surface area contributed by atoms with Crippen molar-refractivity contribution in [2.24, 2.45) is 0 Å². The van der Waals surface area contributed by atoms with Gasteiger partial charge < -0.3 is 20.4 Å². The molecule has 0 aliphatic heterocycles. The maximum absolute atomic E-state index is 10.7. The number of aliphatic hydroxyl groups is 2. The molecule has 2 rings (SSSR count). The number of aliphatic hydroxyl groups excluding tert-OH is 2. The molecule has 0 spiro atoms. The van der Waals surface area contributed by atoms with Crippen LogP contribution >= 0.6 is 0 Å². The molecule has 0 heterocycles. The van der Waals surface area contributed by atoms with Crippen LogP contribution < -0.4 is 0 Å². The van der Waals surface area contributed by atoms with Gasteiger partial charge in [0, 0.05) is 13.2 Å². The molecule has 0 aromatic heterocycles. The third-order valence-corrected chi connectivity index (χ3v) is 3.85. The van der Waals surface area contributed by atoms with Crippen molar-refractivity contribution >= 4 is 24.1 Å². The zero-order valence-corrected chi connectivity index (χ0v) is 15.6. The van der Waals surface area contributed by atoms with Gasteiger partial charge in [0.15, 0.2) is 0 Å². The second-order valence-corrected chi connectivity index (χ2v) is 6.05. The van der Waals surface area contributed by atoms with E-state index >= 15 is 0 Å². The van der Waals surface area contributed by atoms with Gasteiger partial charge >= 0.3 is 11.9 Å². The number of rotatable bonds is 9. The number of benzene rings is 2. The molecule has 28 heavy (non-hydrogen) atoms. The van der Waals surface area contributed by atoms with Crippen molar-refractivity contribution in [3.8, 4) is 0 Å². The highest BCUT2D eigenvalue weighted by molar-refractivity contribution is 5.88. The number of carboxylic acid groups (broad SMARTS) is 2. The van der Waals surface area contributed by atoms with Gasteiger partial charge in [-0.2, -0.15) is 0 Å². The van der Waals surface area contributed by atoms with Crippen LogP contribution in [0.1, 0.15) is 57.5 Å². The highest BCUT2D eigenvalue weighted by Crippen LogP contribution is 2.11. The summed E-state index contributed by atoms with van der Waals surface area (Å²) in [6, 6.07) is 13.0. The SMILES string of the molecule is O=C(O)c1ccc(/C=C/c2ccc(C(=O)O)cc2)cc1.OCCCCCCO. The van der Waals surface area contributed by atoms with Gasteiger partial charge in [-0.05, 0) is 48.2 Å². The van der Waals surface area contributed by atoms with E-state index in [1.807, 2.05) is 12.2 Å². The van der Waals surface area contributed by atoms with Crippen LogP contribution in [0.5, 0.6) is 0 Å². The summed E-state index contributed by atoms with van der Waals surface area (Å²) in [6.07, 6.45) is 7.50. The molecular weight excluding hydrogens is 360 g/mol. The fourth-order valence-electron chi connectivity index (χ4n) is 2.24. The fraction of sp³-hybridized carbons (Fsp3) is 0.273. The smallest absolute Gasteiger partial charge is 0.335 e. The van der Waals surface area contributed by atoms with E-state index in [1.54, 1.807) is 24.3 Å². The zero-order valence-electron chi connectivity index (χ0n) is 15.6. The molecule has 2 aromatic rings. The lowest BCUT2D eigenvalue weighted by Crippen LogP contribution is -1.95. The Morgan fingerprint density at radius 2 is 0.929 bits per heavy atom. The molecule has 6 nitrogen and oxygen atoms in total. The van der Waals surface area contributed by atoms with Crippen molar-refractivity contribution in [3.05, 3.63) is 70.8 Å². The average molecular weight is 386 g/mol. The zero-order chi connectivity index (χ0) is 20.8. The number of carboxylic acids is 2. The first-order valence-corrected chi connectivity index (χ1v) is 9.04. The quantitative estimate of drug-likeness (QED) is 0.385. The number of carbonyl (C=O) groups is 2. The van der Waals surface area contributed by atoms with Gasteiger partial charge in [0.2, 0.25) is 0 Å². The minimum Gasteiger partial charge on any atom is -0.478 e. The molecule has 4 N–H and O–H groups in total. The van der Waals surface area contributed by atoms with Crippen molar-refractivity contribution in [3.63, 3.8) is 0 Å². The standard InChI is InChI=1S/C16H12O4.C6H14O2/c17-15(18)13-7-3-11(4-8-13)1-2-12-5-9-14(10-6-12)16(19)20;7-5-3-1-2-4-6-8/h1-10H,(H,17,18)(H,19,20);7-8H,1-6H2/b2-1+;. The number of hydrogen-bond donors (Lipinski definition) is 4. The summed E-state index contributed by atoms with van der Waals surface area (Å²) >= 11 is 0. The van der Waals surface area contributed by atoms with Crippen molar-refractivity contribution < 1.29 is 30.0 Å². The maximum atomic E-state index is 10.7. The second-order valence-electron chi connectivity index (χ2n) is 6.05. The average Bonchev–Trinajstić information content (AvgIpc) is 2.71. The molecule has 0 aliphatic carbocycles. The van der Waals surface area contributed by atoms with Crippen molar-refractivity contribution in [1.82, 2.24) is 0 Å². The van der Waals surface area contributed by atoms with E-state index < -0.39 is 11.9 Å². The van der Waals surface area contributed by atoms with E-state index in [0.29, 0.717) is 0 Å². The first-order chi connectivity index (χ1) is 13.5. The number of unbranched alkanes of at least 4 members (excludes halogenated alkanes) is 3. The van der Waals surface area contributed by atoms with Crippen LogP contribution in [0.15, 0.2) is 48.5 Å². The maximum Gasteiger partial charge on any atom is 0.335 e. The Hall–Kier alpha value is -2.96. The van der Waals surface area contributed by atoms with E-state index in [-0.39, 0.29) is 24.3 Å². The van der Waals surface area contributed by atoms with Crippen LogP contribution in [0.25, 0.3) is 12.2 Å². The molecule has 0 saturated carbocycles. The van der Waals surface area contributed by atoms with Gasteiger partial charge in [-0.15, -0.1) is 0 Å². The topological polar surface area (TPSA) is 115 Å². The Balaban J connectivity index is 0.000000416. The van der Waals surface area contributed by atoms with Gasteiger partial charge in [-0.3, -0.25) is 0 Å². The highest BCUT2D eigenvalue weighted by atomic mass is 16.4. The summed E-state index contributed by atoms with van der Waals surface area (Å²) in [5, 5.41) is 34.2. The Morgan fingerprint density at radius 1 is 0.607 bits per heavy atom. The molecule has 0 radical (unpaired) electrons. The van der Waals surface area contributed by atoms with Crippen molar-refractivity contribution in [2.45, 2.75) is 25.7 Å². The first kappa shape index (κ1) is 23.1. The van der Waals surface area contributed by atoms with E-state index in [2.05, 4.69) is 0 Å². The molecule has 0 aliphatic rings. The number of aromatic carboxylic acids is 2. The van der Waals surface area contributed by atoms with Crippen molar-refractivity contribution in [1.29, 1.82) is 0 Å².